The van der Waals surface area contributed by atoms with Crippen LogP contribution in [0.2, 0.25) is 0 Å². The monoisotopic (exact) mass is 287 g/mol. The predicted molar refractivity (Wildman–Crippen MR) is 70.5 cm³/mol. The van der Waals surface area contributed by atoms with Gasteiger partial charge in [0.05, 0.1) is 3.79 Å². The second-order valence-corrected chi connectivity index (χ2v) is 7.07. The lowest BCUT2D eigenvalue weighted by atomic mass is 9.80. The van der Waals surface area contributed by atoms with E-state index < -0.39 is 0 Å². The Labute approximate surface area is 104 Å². The third-order valence-corrected chi connectivity index (χ3v) is 5.01. The summed E-state index contributed by atoms with van der Waals surface area (Å²) in [5.41, 5.74) is 1.49. The molecule has 1 nitrogen and oxygen atoms in total. The van der Waals surface area contributed by atoms with Gasteiger partial charge < -0.3 is 5.32 Å². The van der Waals surface area contributed by atoms with Gasteiger partial charge >= 0.3 is 0 Å². The summed E-state index contributed by atoms with van der Waals surface area (Å²) >= 11 is 5.41. The molecule has 1 heterocycles. The Morgan fingerprint density at radius 1 is 1.60 bits per heavy atom. The number of halogens is 1. The fourth-order valence-electron chi connectivity index (χ4n) is 2.27. The molecule has 0 amide bonds. The summed E-state index contributed by atoms with van der Waals surface area (Å²) in [5, 5.41) is 3.46. The highest BCUT2D eigenvalue weighted by Crippen LogP contribution is 2.38. The molecule has 1 aliphatic carbocycles. The Kier molecular flexibility index (Phi) is 3.86. The lowest BCUT2D eigenvalue weighted by Gasteiger charge is -2.29. The largest absolute Gasteiger partial charge is 0.313 e. The zero-order chi connectivity index (χ0) is 10.8. The second-order valence-electron chi connectivity index (χ2n) is 4.44. The molecule has 0 spiro atoms. The van der Waals surface area contributed by atoms with E-state index in [1.807, 2.05) is 11.3 Å². The number of nitrogens with one attached hydrogen (secondary N) is 1. The minimum atomic E-state index is 0.554. The normalized spacial score (nSPS) is 18.9. The van der Waals surface area contributed by atoms with Crippen LogP contribution in [0, 0.1) is 12.8 Å². The van der Waals surface area contributed by atoms with Crippen LogP contribution < -0.4 is 5.32 Å². The molecule has 3 heteroatoms. The topological polar surface area (TPSA) is 12.0 Å². The smallest absolute Gasteiger partial charge is 0.0704 e. The fourth-order valence-corrected chi connectivity index (χ4v) is 4.04. The predicted octanol–water partition coefficient (Wildman–Crippen LogP) is 4.27. The molecule has 0 bridgehead atoms. The van der Waals surface area contributed by atoms with Crippen LogP contribution in [0.5, 0.6) is 0 Å². The third-order valence-electron chi connectivity index (χ3n) is 3.44. The molecule has 15 heavy (non-hydrogen) atoms. The molecule has 1 saturated carbocycles. The molecule has 1 aromatic heterocycles. The van der Waals surface area contributed by atoms with E-state index in [2.05, 4.69) is 41.3 Å². The molecule has 2 rings (SSSR count). The van der Waals surface area contributed by atoms with Crippen molar-refractivity contribution in [2.24, 2.45) is 5.92 Å². The van der Waals surface area contributed by atoms with Crippen LogP contribution in [-0.4, -0.2) is 7.05 Å². The van der Waals surface area contributed by atoms with E-state index in [4.69, 9.17) is 0 Å². The number of aryl methyl sites for hydroxylation is 1. The van der Waals surface area contributed by atoms with Gasteiger partial charge in [0, 0.05) is 10.9 Å². The maximum atomic E-state index is 3.57. The van der Waals surface area contributed by atoms with Crippen molar-refractivity contribution in [3.63, 3.8) is 0 Å². The molecule has 1 aromatic rings. The van der Waals surface area contributed by atoms with Crippen molar-refractivity contribution in [3.05, 3.63) is 20.3 Å². The lowest BCUT2D eigenvalue weighted by Crippen LogP contribution is -2.23. The molecule has 1 fully saturated rings. The van der Waals surface area contributed by atoms with Crippen LogP contribution in [0.3, 0.4) is 0 Å². The molecular weight excluding hydrogens is 270 g/mol. The summed E-state index contributed by atoms with van der Waals surface area (Å²) in [7, 11) is 2.08. The molecule has 1 aliphatic rings. The van der Waals surface area contributed by atoms with Crippen molar-refractivity contribution in [3.8, 4) is 0 Å². The Bertz CT molecular complexity index is 330. The van der Waals surface area contributed by atoms with Gasteiger partial charge in [-0.05, 0) is 53.9 Å². The minimum absolute atomic E-state index is 0.554. The van der Waals surface area contributed by atoms with Gasteiger partial charge in [-0.15, -0.1) is 11.3 Å². The van der Waals surface area contributed by atoms with Crippen molar-refractivity contribution in [1.29, 1.82) is 0 Å². The Balaban J connectivity index is 2.07. The highest BCUT2D eigenvalue weighted by molar-refractivity contribution is 9.11. The van der Waals surface area contributed by atoms with Crippen molar-refractivity contribution in [2.45, 2.75) is 38.6 Å². The Hall–Kier alpha value is 0.140. The van der Waals surface area contributed by atoms with Crippen LogP contribution in [-0.2, 0) is 0 Å². The van der Waals surface area contributed by atoms with Crippen LogP contribution in [0.25, 0.3) is 0 Å². The highest BCUT2D eigenvalue weighted by Gasteiger charge is 2.23. The summed E-state index contributed by atoms with van der Waals surface area (Å²) in [6.45, 7) is 2.22. The minimum Gasteiger partial charge on any atom is -0.313 e. The van der Waals surface area contributed by atoms with Gasteiger partial charge in [0.1, 0.15) is 0 Å². The fraction of sp³-hybridized carbons (Fsp3) is 0.667. The molecule has 0 aromatic carbocycles. The SMILES string of the molecule is CNC(CC1CCC1)c1cc(Br)sc1C. The first-order chi connectivity index (χ1) is 7.20. The van der Waals surface area contributed by atoms with Crippen LogP contribution in [0.15, 0.2) is 9.85 Å². The standard InChI is InChI=1S/C12H18BrNS/c1-8-10(7-12(13)15-8)11(14-2)6-9-4-3-5-9/h7,9,11,14H,3-6H2,1-2H3. The molecule has 84 valence electrons. The Morgan fingerprint density at radius 2 is 2.33 bits per heavy atom. The summed E-state index contributed by atoms with van der Waals surface area (Å²) in [4.78, 5) is 1.44. The number of hydrogen-bond donors (Lipinski definition) is 1. The van der Waals surface area contributed by atoms with E-state index in [9.17, 15) is 0 Å². The van der Waals surface area contributed by atoms with Crippen LogP contribution in [0.4, 0.5) is 0 Å². The maximum absolute atomic E-state index is 3.57. The van der Waals surface area contributed by atoms with Gasteiger partial charge in [-0.3, -0.25) is 0 Å². The first kappa shape index (κ1) is 11.6. The zero-order valence-corrected chi connectivity index (χ0v) is 11.7. The van der Waals surface area contributed by atoms with E-state index in [1.54, 1.807) is 0 Å². The van der Waals surface area contributed by atoms with E-state index in [0.29, 0.717) is 6.04 Å². The first-order valence-electron chi connectivity index (χ1n) is 5.63. The summed E-state index contributed by atoms with van der Waals surface area (Å²) < 4.78 is 1.25. The zero-order valence-electron chi connectivity index (χ0n) is 9.35. The van der Waals surface area contributed by atoms with Crippen molar-refractivity contribution >= 4 is 27.3 Å². The second kappa shape index (κ2) is 4.98. The highest BCUT2D eigenvalue weighted by atomic mass is 79.9. The number of rotatable bonds is 4. The summed E-state index contributed by atoms with van der Waals surface area (Å²) in [6.07, 6.45) is 5.61. The molecule has 1 unspecified atom stereocenters. The van der Waals surface area contributed by atoms with Gasteiger partial charge in [0.25, 0.3) is 0 Å². The number of hydrogen-bond acceptors (Lipinski definition) is 2. The van der Waals surface area contributed by atoms with E-state index in [0.717, 1.165) is 5.92 Å². The summed E-state index contributed by atoms with van der Waals surface area (Å²) in [5.74, 6) is 0.959. The van der Waals surface area contributed by atoms with Gasteiger partial charge in [-0.2, -0.15) is 0 Å². The molecule has 1 atom stereocenters. The molecular formula is C12H18BrNS. The summed E-state index contributed by atoms with van der Waals surface area (Å²) in [6, 6.07) is 2.83. The van der Waals surface area contributed by atoms with Crippen LogP contribution in [0.1, 0.15) is 42.2 Å². The van der Waals surface area contributed by atoms with Crippen molar-refractivity contribution in [1.82, 2.24) is 5.32 Å². The Morgan fingerprint density at radius 3 is 2.73 bits per heavy atom. The lowest BCUT2D eigenvalue weighted by molar-refractivity contribution is 0.265. The van der Waals surface area contributed by atoms with Gasteiger partial charge in [0.15, 0.2) is 0 Å². The van der Waals surface area contributed by atoms with Gasteiger partial charge in [0.2, 0.25) is 0 Å². The average molecular weight is 288 g/mol. The van der Waals surface area contributed by atoms with E-state index in [-0.39, 0.29) is 0 Å². The van der Waals surface area contributed by atoms with Gasteiger partial charge in [-0.25, -0.2) is 0 Å². The first-order valence-corrected chi connectivity index (χ1v) is 7.24. The molecule has 1 N–H and O–H groups in total. The average Bonchev–Trinajstić information content (AvgIpc) is 2.44. The maximum Gasteiger partial charge on any atom is 0.0704 e. The molecule has 0 radical (unpaired) electrons. The third kappa shape index (κ3) is 2.63. The van der Waals surface area contributed by atoms with Crippen LogP contribution >= 0.6 is 27.3 Å². The molecule has 0 aliphatic heterocycles. The van der Waals surface area contributed by atoms with E-state index in [1.165, 1.54) is 39.9 Å². The van der Waals surface area contributed by atoms with E-state index >= 15 is 0 Å². The number of thiophene rings is 1. The molecule has 0 saturated heterocycles. The van der Waals surface area contributed by atoms with Crippen molar-refractivity contribution in [2.75, 3.05) is 7.05 Å². The van der Waals surface area contributed by atoms with Crippen molar-refractivity contribution < 1.29 is 0 Å². The van der Waals surface area contributed by atoms with Gasteiger partial charge in [-0.1, -0.05) is 19.3 Å². The quantitative estimate of drug-likeness (QED) is 0.872.